The zero-order valence-corrected chi connectivity index (χ0v) is 11.1. The number of aryl methyl sites for hydroxylation is 1. The van der Waals surface area contributed by atoms with Gasteiger partial charge in [0, 0.05) is 4.91 Å². The summed E-state index contributed by atoms with van der Waals surface area (Å²) < 4.78 is 0. The fourth-order valence-electron chi connectivity index (χ4n) is 2.29. The highest BCUT2D eigenvalue weighted by atomic mass is 32.2. The van der Waals surface area contributed by atoms with Crippen LogP contribution in [-0.2, 0) is 6.42 Å². The summed E-state index contributed by atoms with van der Waals surface area (Å²) in [6.45, 7) is 7.95. The highest BCUT2D eigenvalue weighted by molar-refractivity contribution is 8.07. The number of allylic oxidation sites excluding steroid dienone is 3. The summed E-state index contributed by atoms with van der Waals surface area (Å²) in [7, 11) is 0. The van der Waals surface area contributed by atoms with Gasteiger partial charge in [0.05, 0.1) is 0 Å². The van der Waals surface area contributed by atoms with Crippen molar-refractivity contribution in [3.8, 4) is 0 Å². The molecule has 0 radical (unpaired) electrons. The van der Waals surface area contributed by atoms with Crippen molar-refractivity contribution in [2.75, 3.05) is 6.26 Å². The Bertz CT molecular complexity index is 480. The van der Waals surface area contributed by atoms with Crippen molar-refractivity contribution in [3.63, 3.8) is 0 Å². The molecule has 0 aromatic heterocycles. The highest BCUT2D eigenvalue weighted by Crippen LogP contribution is 2.33. The first kappa shape index (κ1) is 12.3. The summed E-state index contributed by atoms with van der Waals surface area (Å²) in [5.41, 5.74) is 5.37. The van der Waals surface area contributed by atoms with Crippen LogP contribution in [0, 0.1) is 0 Å². The average molecular weight is 242 g/mol. The number of thioether (sulfide) groups is 1. The summed E-state index contributed by atoms with van der Waals surface area (Å²) in [5, 5.41) is 0. The minimum Gasteiger partial charge on any atom is -0.129 e. The van der Waals surface area contributed by atoms with Crippen LogP contribution in [0.4, 0.5) is 0 Å². The Balaban J connectivity index is 2.45. The van der Waals surface area contributed by atoms with Gasteiger partial charge in [0.1, 0.15) is 0 Å². The van der Waals surface area contributed by atoms with Gasteiger partial charge in [-0.3, -0.25) is 0 Å². The molecule has 1 aliphatic rings. The lowest BCUT2D eigenvalue weighted by molar-refractivity contribution is 0.823. The van der Waals surface area contributed by atoms with Gasteiger partial charge in [-0.2, -0.15) is 0 Å². The lowest BCUT2D eigenvalue weighted by Gasteiger charge is -2.19. The Kier molecular flexibility index (Phi) is 3.90. The first-order valence-corrected chi connectivity index (χ1v) is 7.17. The Hall–Kier alpha value is -1.21. The van der Waals surface area contributed by atoms with E-state index >= 15 is 0 Å². The predicted octanol–water partition coefficient (Wildman–Crippen LogP) is 4.93. The smallest absolute Gasteiger partial charge is 0.0142 e. The fourth-order valence-corrected chi connectivity index (χ4v) is 2.89. The van der Waals surface area contributed by atoms with Crippen molar-refractivity contribution in [1.29, 1.82) is 0 Å². The van der Waals surface area contributed by atoms with Gasteiger partial charge >= 0.3 is 0 Å². The largest absolute Gasteiger partial charge is 0.129 e. The molecular weight excluding hydrogens is 224 g/mol. The van der Waals surface area contributed by atoms with Crippen molar-refractivity contribution < 1.29 is 0 Å². The molecule has 0 unspecified atom stereocenters. The van der Waals surface area contributed by atoms with Gasteiger partial charge in [0.2, 0.25) is 0 Å². The molecular formula is C16H18S. The van der Waals surface area contributed by atoms with E-state index in [0.29, 0.717) is 0 Å². The van der Waals surface area contributed by atoms with Crippen molar-refractivity contribution in [2.24, 2.45) is 0 Å². The lowest BCUT2D eigenvalue weighted by Crippen LogP contribution is -2.01. The van der Waals surface area contributed by atoms with E-state index in [0.717, 1.165) is 6.42 Å². The molecule has 1 aromatic carbocycles. The van der Waals surface area contributed by atoms with Crippen LogP contribution in [-0.4, -0.2) is 6.26 Å². The Morgan fingerprint density at radius 2 is 2.18 bits per heavy atom. The van der Waals surface area contributed by atoms with Gasteiger partial charge in [0.15, 0.2) is 0 Å². The molecule has 2 rings (SSSR count). The van der Waals surface area contributed by atoms with Gasteiger partial charge in [0.25, 0.3) is 0 Å². The van der Waals surface area contributed by atoms with Crippen LogP contribution in [0.2, 0.25) is 0 Å². The van der Waals surface area contributed by atoms with Crippen LogP contribution in [0.1, 0.15) is 29.5 Å². The second-order valence-corrected chi connectivity index (χ2v) is 5.15. The quantitative estimate of drug-likeness (QED) is 0.677. The summed E-state index contributed by atoms with van der Waals surface area (Å²) in [4.78, 5) is 1.26. The molecule has 1 aromatic rings. The molecule has 1 heteroatoms. The molecule has 0 saturated carbocycles. The van der Waals surface area contributed by atoms with Gasteiger partial charge in [-0.25, -0.2) is 0 Å². The monoisotopic (exact) mass is 242 g/mol. The average Bonchev–Trinajstić information content (AvgIpc) is 2.36. The minimum absolute atomic E-state index is 1.14. The van der Waals surface area contributed by atoms with Crippen LogP contribution in [0.3, 0.4) is 0 Å². The van der Waals surface area contributed by atoms with Gasteiger partial charge in [-0.15, -0.1) is 11.8 Å². The maximum Gasteiger partial charge on any atom is 0.0142 e. The molecule has 0 amide bonds. The lowest BCUT2D eigenvalue weighted by atomic mass is 9.87. The molecule has 0 saturated heterocycles. The summed E-state index contributed by atoms with van der Waals surface area (Å²) in [6, 6.07) is 6.74. The summed E-state index contributed by atoms with van der Waals surface area (Å²) in [6.07, 6.45) is 9.58. The van der Waals surface area contributed by atoms with Gasteiger partial charge < -0.3 is 0 Å². The van der Waals surface area contributed by atoms with E-state index in [4.69, 9.17) is 0 Å². The highest BCUT2D eigenvalue weighted by Gasteiger charge is 2.13. The van der Waals surface area contributed by atoms with Crippen LogP contribution in [0.5, 0.6) is 0 Å². The molecule has 17 heavy (non-hydrogen) atoms. The van der Waals surface area contributed by atoms with Crippen LogP contribution in [0.15, 0.2) is 43.5 Å². The van der Waals surface area contributed by atoms with E-state index in [-0.39, 0.29) is 0 Å². The maximum absolute atomic E-state index is 4.18. The zero-order chi connectivity index (χ0) is 12.3. The van der Waals surface area contributed by atoms with E-state index in [2.05, 4.69) is 43.7 Å². The third kappa shape index (κ3) is 2.55. The predicted molar refractivity (Wildman–Crippen MR) is 80.1 cm³/mol. The molecule has 0 bridgehead atoms. The second-order valence-electron chi connectivity index (χ2n) is 4.30. The number of benzene rings is 1. The van der Waals surface area contributed by atoms with Crippen LogP contribution in [0.25, 0.3) is 10.5 Å². The van der Waals surface area contributed by atoms with E-state index in [1.54, 1.807) is 11.8 Å². The molecule has 0 aliphatic heterocycles. The van der Waals surface area contributed by atoms with Crippen molar-refractivity contribution in [3.05, 3.63) is 60.2 Å². The number of fused-ring (bicyclic) bond motifs is 1. The SMILES string of the molecule is C=C/C=C(\SC)c1ccc2c(c1)C(=C)CCC2. The molecule has 88 valence electrons. The standard InChI is InChI=1S/C16H18S/c1-4-6-16(17-3)14-10-9-13-8-5-7-12(2)15(13)11-14/h4,6,9-11H,1-2,5,7-8H2,3H3/b16-6-. The molecule has 0 nitrogen and oxygen atoms in total. The van der Waals surface area contributed by atoms with Gasteiger partial charge in [-0.05, 0) is 59.9 Å². The fraction of sp³-hybridized carbons (Fsp3) is 0.250. The number of hydrogen-bond donors (Lipinski definition) is 0. The van der Waals surface area contributed by atoms with E-state index in [9.17, 15) is 0 Å². The molecule has 0 heterocycles. The van der Waals surface area contributed by atoms with Crippen LogP contribution < -0.4 is 0 Å². The molecule has 1 aliphatic carbocycles. The Morgan fingerprint density at radius 1 is 1.35 bits per heavy atom. The first-order chi connectivity index (χ1) is 8.26. The summed E-state index contributed by atoms with van der Waals surface area (Å²) >= 11 is 1.76. The minimum atomic E-state index is 1.14. The second kappa shape index (κ2) is 5.42. The maximum atomic E-state index is 4.18. The van der Waals surface area contributed by atoms with Crippen LogP contribution >= 0.6 is 11.8 Å². The van der Waals surface area contributed by atoms with E-state index in [1.165, 1.54) is 40.0 Å². The molecule has 0 fully saturated rings. The topological polar surface area (TPSA) is 0 Å². The molecule has 0 N–H and O–H groups in total. The number of rotatable bonds is 3. The Labute approximate surface area is 108 Å². The summed E-state index contributed by atoms with van der Waals surface area (Å²) in [5.74, 6) is 0. The van der Waals surface area contributed by atoms with E-state index < -0.39 is 0 Å². The Morgan fingerprint density at radius 3 is 2.88 bits per heavy atom. The molecule has 0 spiro atoms. The normalized spacial score (nSPS) is 15.6. The van der Waals surface area contributed by atoms with E-state index in [1.807, 2.05) is 6.08 Å². The zero-order valence-electron chi connectivity index (χ0n) is 10.3. The van der Waals surface area contributed by atoms with Crippen molar-refractivity contribution in [2.45, 2.75) is 19.3 Å². The first-order valence-electron chi connectivity index (χ1n) is 5.94. The third-order valence-electron chi connectivity index (χ3n) is 3.19. The number of hydrogen-bond acceptors (Lipinski definition) is 1. The van der Waals surface area contributed by atoms with Gasteiger partial charge in [-0.1, -0.05) is 31.4 Å². The van der Waals surface area contributed by atoms with Crippen molar-refractivity contribution >= 4 is 22.2 Å². The third-order valence-corrected chi connectivity index (χ3v) is 4.00. The van der Waals surface area contributed by atoms with Crippen molar-refractivity contribution in [1.82, 2.24) is 0 Å². The molecule has 0 atom stereocenters.